The fourth-order valence-corrected chi connectivity index (χ4v) is 2.04. The van der Waals surface area contributed by atoms with E-state index in [1.165, 1.54) is 0 Å². The molecule has 3 nitrogen and oxygen atoms in total. The van der Waals surface area contributed by atoms with Crippen LogP contribution in [0, 0.1) is 0 Å². The van der Waals surface area contributed by atoms with E-state index in [0.29, 0.717) is 19.6 Å². The Hall–Kier alpha value is -0.870. The summed E-state index contributed by atoms with van der Waals surface area (Å²) in [4.78, 5) is 11.4. The lowest BCUT2D eigenvalue weighted by atomic mass is 10.1. The van der Waals surface area contributed by atoms with E-state index in [0.717, 1.165) is 10.0 Å². The molecule has 2 rings (SSSR count). The van der Waals surface area contributed by atoms with Gasteiger partial charge < -0.3 is 10.1 Å². The summed E-state index contributed by atoms with van der Waals surface area (Å²) >= 11 is 3.40. The van der Waals surface area contributed by atoms with E-state index in [1.807, 2.05) is 24.3 Å². The summed E-state index contributed by atoms with van der Waals surface area (Å²) < 4.78 is 6.43. The average molecular weight is 270 g/mol. The molecule has 1 unspecified atom stereocenters. The maximum atomic E-state index is 11.4. The summed E-state index contributed by atoms with van der Waals surface area (Å²) in [5, 5.41) is 2.79. The van der Waals surface area contributed by atoms with Crippen molar-refractivity contribution in [2.75, 3.05) is 13.2 Å². The van der Waals surface area contributed by atoms with Crippen molar-refractivity contribution in [3.05, 3.63) is 34.3 Å². The summed E-state index contributed by atoms with van der Waals surface area (Å²) in [6.07, 6.45) is 0.290. The first-order valence-corrected chi connectivity index (χ1v) is 5.69. The largest absolute Gasteiger partial charge is 0.366 e. The van der Waals surface area contributed by atoms with Crippen molar-refractivity contribution in [1.82, 2.24) is 5.32 Å². The van der Waals surface area contributed by atoms with E-state index in [9.17, 15) is 4.79 Å². The summed E-state index contributed by atoms with van der Waals surface area (Å²) in [5.41, 5.74) is 1.10. The summed E-state index contributed by atoms with van der Waals surface area (Å²) in [6, 6.07) is 7.92. The first-order valence-electron chi connectivity index (χ1n) is 4.89. The number of rotatable bonds is 2. The van der Waals surface area contributed by atoms with Crippen LogP contribution in [-0.2, 0) is 16.0 Å². The third-order valence-electron chi connectivity index (χ3n) is 2.32. The van der Waals surface area contributed by atoms with Crippen molar-refractivity contribution < 1.29 is 9.53 Å². The number of benzene rings is 1. The average Bonchev–Trinajstić information content (AvgIpc) is 2.22. The molecule has 0 radical (unpaired) electrons. The van der Waals surface area contributed by atoms with Gasteiger partial charge in [0.05, 0.1) is 6.61 Å². The molecular formula is C11H12BrNO2. The fourth-order valence-electron chi connectivity index (χ4n) is 1.59. The molecule has 1 aliphatic heterocycles. The summed E-state index contributed by atoms with van der Waals surface area (Å²) in [7, 11) is 0. The number of hydrogen-bond donors (Lipinski definition) is 1. The van der Waals surface area contributed by atoms with E-state index in [2.05, 4.69) is 21.2 Å². The van der Waals surface area contributed by atoms with Crippen LogP contribution in [-0.4, -0.2) is 25.2 Å². The topological polar surface area (TPSA) is 38.3 Å². The minimum absolute atomic E-state index is 0.0128. The Morgan fingerprint density at radius 1 is 1.53 bits per heavy atom. The van der Waals surface area contributed by atoms with Crippen LogP contribution in [0.3, 0.4) is 0 Å². The highest BCUT2D eigenvalue weighted by Gasteiger charge is 2.22. The predicted octanol–water partition coefficient (Wildman–Crippen LogP) is 1.51. The third-order valence-corrected chi connectivity index (χ3v) is 2.82. The van der Waals surface area contributed by atoms with Crippen LogP contribution in [0.2, 0.25) is 0 Å². The predicted molar refractivity (Wildman–Crippen MR) is 60.6 cm³/mol. The lowest BCUT2D eigenvalue weighted by molar-refractivity contribution is -0.137. The van der Waals surface area contributed by atoms with Gasteiger partial charge in [0.2, 0.25) is 5.91 Å². The Bertz CT molecular complexity index is 367. The van der Waals surface area contributed by atoms with Crippen molar-refractivity contribution in [2.24, 2.45) is 0 Å². The molecule has 15 heavy (non-hydrogen) atoms. The first-order chi connectivity index (χ1) is 7.25. The Morgan fingerprint density at radius 2 is 2.40 bits per heavy atom. The zero-order valence-corrected chi connectivity index (χ0v) is 9.79. The molecule has 1 heterocycles. The number of ether oxygens (including phenoxy) is 1. The van der Waals surface area contributed by atoms with Crippen LogP contribution >= 0.6 is 15.9 Å². The molecule has 1 aromatic rings. The van der Waals surface area contributed by atoms with E-state index < -0.39 is 0 Å². The molecule has 4 heteroatoms. The Morgan fingerprint density at radius 3 is 3.13 bits per heavy atom. The maximum absolute atomic E-state index is 11.4. The number of halogens is 1. The van der Waals surface area contributed by atoms with Gasteiger partial charge in [0, 0.05) is 17.4 Å². The number of hydrogen-bond acceptors (Lipinski definition) is 2. The molecule has 1 amide bonds. The van der Waals surface area contributed by atoms with Crippen molar-refractivity contribution in [2.45, 2.75) is 12.5 Å². The van der Waals surface area contributed by atoms with Crippen molar-refractivity contribution >= 4 is 21.8 Å². The molecule has 0 aromatic heterocycles. The highest BCUT2D eigenvalue weighted by Crippen LogP contribution is 2.14. The quantitative estimate of drug-likeness (QED) is 0.884. The second-order valence-corrected chi connectivity index (χ2v) is 4.40. The number of amides is 1. The molecule has 0 spiro atoms. The van der Waals surface area contributed by atoms with E-state index in [-0.39, 0.29) is 12.0 Å². The minimum atomic E-state index is -0.340. The lowest BCUT2D eigenvalue weighted by Gasteiger charge is -2.22. The second kappa shape index (κ2) is 4.77. The van der Waals surface area contributed by atoms with Crippen LogP contribution < -0.4 is 5.32 Å². The van der Waals surface area contributed by atoms with Gasteiger partial charge in [-0.3, -0.25) is 4.79 Å². The highest BCUT2D eigenvalue weighted by molar-refractivity contribution is 9.10. The molecule has 1 N–H and O–H groups in total. The van der Waals surface area contributed by atoms with E-state index >= 15 is 0 Å². The molecule has 0 bridgehead atoms. The van der Waals surface area contributed by atoms with E-state index in [1.54, 1.807) is 0 Å². The van der Waals surface area contributed by atoms with Crippen LogP contribution in [0.5, 0.6) is 0 Å². The molecule has 1 fully saturated rings. The van der Waals surface area contributed by atoms with Crippen LogP contribution in [0.1, 0.15) is 5.56 Å². The molecule has 1 aliphatic rings. The first kappa shape index (κ1) is 10.6. The molecule has 80 valence electrons. The fraction of sp³-hybridized carbons (Fsp3) is 0.364. The van der Waals surface area contributed by atoms with Crippen LogP contribution in [0.25, 0.3) is 0 Å². The molecular weight excluding hydrogens is 258 g/mol. The van der Waals surface area contributed by atoms with Crippen molar-refractivity contribution in [3.63, 3.8) is 0 Å². The third kappa shape index (κ3) is 2.79. The second-order valence-electron chi connectivity index (χ2n) is 3.48. The van der Waals surface area contributed by atoms with Gasteiger partial charge in [-0.2, -0.15) is 0 Å². The van der Waals surface area contributed by atoms with E-state index in [4.69, 9.17) is 4.74 Å². The number of nitrogens with one attached hydrogen (secondary N) is 1. The van der Waals surface area contributed by atoms with Gasteiger partial charge in [-0.25, -0.2) is 0 Å². The number of carbonyl (C=O) groups excluding carboxylic acids is 1. The smallest absolute Gasteiger partial charge is 0.249 e. The zero-order chi connectivity index (χ0) is 10.7. The van der Waals surface area contributed by atoms with Gasteiger partial charge in [0.25, 0.3) is 0 Å². The molecule has 0 aliphatic carbocycles. The minimum Gasteiger partial charge on any atom is -0.366 e. The van der Waals surface area contributed by atoms with Crippen LogP contribution in [0.4, 0.5) is 0 Å². The Kier molecular flexibility index (Phi) is 3.38. The van der Waals surface area contributed by atoms with Crippen molar-refractivity contribution in [3.8, 4) is 0 Å². The zero-order valence-electron chi connectivity index (χ0n) is 8.20. The van der Waals surface area contributed by atoms with Crippen molar-refractivity contribution in [1.29, 1.82) is 0 Å². The summed E-state index contributed by atoms with van der Waals surface area (Å²) in [5.74, 6) is -0.0128. The van der Waals surface area contributed by atoms with Gasteiger partial charge in [0.1, 0.15) is 6.10 Å². The number of morpholine rings is 1. The highest BCUT2D eigenvalue weighted by atomic mass is 79.9. The van der Waals surface area contributed by atoms with Gasteiger partial charge in [-0.1, -0.05) is 28.1 Å². The monoisotopic (exact) mass is 269 g/mol. The van der Waals surface area contributed by atoms with Gasteiger partial charge >= 0.3 is 0 Å². The Labute approximate surface area is 96.9 Å². The molecule has 1 saturated heterocycles. The molecule has 1 atom stereocenters. The number of carbonyl (C=O) groups is 1. The SMILES string of the molecule is O=C1NCCOC1Cc1cccc(Br)c1. The normalized spacial score (nSPS) is 21.1. The van der Waals surface area contributed by atoms with Gasteiger partial charge in [0.15, 0.2) is 0 Å². The summed E-state index contributed by atoms with van der Waals surface area (Å²) in [6.45, 7) is 1.22. The Balaban J connectivity index is 2.04. The molecule has 1 aromatic carbocycles. The van der Waals surface area contributed by atoms with Gasteiger partial charge in [-0.15, -0.1) is 0 Å². The van der Waals surface area contributed by atoms with Gasteiger partial charge in [-0.05, 0) is 17.7 Å². The standard InChI is InChI=1S/C11H12BrNO2/c12-9-3-1-2-8(6-9)7-10-11(14)13-4-5-15-10/h1-3,6,10H,4-5,7H2,(H,13,14). The molecule has 0 saturated carbocycles. The van der Waals surface area contributed by atoms with Crippen LogP contribution in [0.15, 0.2) is 28.7 Å². The lowest BCUT2D eigenvalue weighted by Crippen LogP contribution is -2.45. The maximum Gasteiger partial charge on any atom is 0.249 e.